The molecule has 4 aromatic rings. The zero-order chi connectivity index (χ0) is 21.0. The van der Waals surface area contributed by atoms with E-state index in [-0.39, 0.29) is 11.8 Å². The number of hydrogen-bond acceptors (Lipinski definition) is 5. The molecule has 0 aliphatic carbocycles. The van der Waals surface area contributed by atoms with Crippen LogP contribution in [0, 0.1) is 5.92 Å². The molecule has 1 aromatic heterocycles. The van der Waals surface area contributed by atoms with Gasteiger partial charge in [-0.3, -0.25) is 4.79 Å². The number of amides is 1. The van der Waals surface area contributed by atoms with Crippen LogP contribution < -0.4 is 10.1 Å². The van der Waals surface area contributed by atoms with Crippen LogP contribution in [0.2, 0.25) is 0 Å². The first-order valence-corrected chi connectivity index (χ1v) is 11.3. The minimum absolute atomic E-state index is 0.0624. The molecule has 1 amide bonds. The normalized spacial score (nSPS) is 15.3. The largest absolute Gasteiger partial charge is 0.493 e. The lowest BCUT2D eigenvalue weighted by atomic mass is 9.96. The minimum atomic E-state index is -0.0624. The lowest BCUT2D eigenvalue weighted by Crippen LogP contribution is -2.35. The smallest absolute Gasteiger partial charge is 0.257 e. The number of carbonyl (C=O) groups is 1. The molecule has 3 aromatic carbocycles. The van der Waals surface area contributed by atoms with Crippen molar-refractivity contribution in [2.24, 2.45) is 5.92 Å². The second-order valence-corrected chi connectivity index (χ2v) is 8.52. The van der Waals surface area contributed by atoms with E-state index in [1.54, 1.807) is 0 Å². The molecule has 5 nitrogen and oxygen atoms in total. The molecule has 31 heavy (non-hydrogen) atoms. The number of fused-ring (bicyclic) bond motifs is 2. The number of benzene rings is 3. The van der Waals surface area contributed by atoms with Gasteiger partial charge >= 0.3 is 0 Å². The van der Waals surface area contributed by atoms with Gasteiger partial charge in [-0.2, -0.15) is 0 Å². The fraction of sp³-hybridized carbons (Fsp3) is 0.200. The third kappa shape index (κ3) is 4.44. The van der Waals surface area contributed by atoms with Gasteiger partial charge in [0.15, 0.2) is 5.58 Å². The first-order valence-electron chi connectivity index (χ1n) is 10.3. The van der Waals surface area contributed by atoms with Gasteiger partial charge in [0.2, 0.25) is 0 Å². The molecule has 0 saturated carbocycles. The molecule has 156 valence electrons. The lowest BCUT2D eigenvalue weighted by molar-refractivity contribution is 0.0938. The zero-order valence-corrected chi connectivity index (χ0v) is 17.7. The molecule has 0 radical (unpaired) electrons. The summed E-state index contributed by atoms with van der Waals surface area (Å²) in [4.78, 5) is 17.4. The summed E-state index contributed by atoms with van der Waals surface area (Å²) >= 11 is 1.49. The van der Waals surface area contributed by atoms with E-state index in [0.717, 1.165) is 28.8 Å². The van der Waals surface area contributed by atoms with Crippen LogP contribution in [0.4, 0.5) is 0 Å². The molecule has 1 N–H and O–H groups in total. The summed E-state index contributed by atoms with van der Waals surface area (Å²) in [5, 5.41) is 3.70. The Morgan fingerprint density at radius 3 is 2.77 bits per heavy atom. The summed E-state index contributed by atoms with van der Waals surface area (Å²) in [6.07, 6.45) is 0.908. The van der Waals surface area contributed by atoms with Crippen molar-refractivity contribution in [3.05, 3.63) is 89.5 Å². The first-order chi connectivity index (χ1) is 15.3. The Kier molecular flexibility index (Phi) is 5.63. The Bertz CT molecular complexity index is 1190. The van der Waals surface area contributed by atoms with Gasteiger partial charge in [-0.05, 0) is 41.8 Å². The number of ether oxygens (including phenoxy) is 1. The molecule has 0 spiro atoms. The van der Waals surface area contributed by atoms with Crippen LogP contribution in [0.15, 0.2) is 82.4 Å². The second kappa shape index (κ2) is 8.86. The predicted octanol–water partition coefficient (Wildman–Crippen LogP) is 5.10. The Labute approximate surface area is 184 Å². The van der Waals surface area contributed by atoms with Crippen molar-refractivity contribution in [2.45, 2.75) is 17.4 Å². The van der Waals surface area contributed by atoms with E-state index in [1.807, 2.05) is 66.7 Å². The van der Waals surface area contributed by atoms with Gasteiger partial charge in [-0.25, -0.2) is 4.98 Å². The summed E-state index contributed by atoms with van der Waals surface area (Å²) in [6.45, 7) is 1.20. The molecule has 0 saturated heterocycles. The third-order valence-corrected chi connectivity index (χ3v) is 6.27. The highest BCUT2D eigenvalue weighted by atomic mass is 32.2. The van der Waals surface area contributed by atoms with E-state index in [9.17, 15) is 4.79 Å². The van der Waals surface area contributed by atoms with Crippen LogP contribution in [-0.4, -0.2) is 24.0 Å². The summed E-state index contributed by atoms with van der Waals surface area (Å²) < 4.78 is 11.6. The molecule has 1 aliphatic heterocycles. The third-order valence-electron chi connectivity index (χ3n) is 5.39. The molecule has 0 fully saturated rings. The van der Waals surface area contributed by atoms with Crippen LogP contribution in [0.1, 0.15) is 21.5 Å². The summed E-state index contributed by atoms with van der Waals surface area (Å²) in [5.74, 6) is 1.76. The topological polar surface area (TPSA) is 64.4 Å². The molecule has 6 heteroatoms. The SMILES string of the molecule is O=C(NCC1COc2ccccc2C1)c1ccccc1CSc1nc2ccccc2o1. The lowest BCUT2D eigenvalue weighted by Gasteiger charge is -2.25. The van der Waals surface area contributed by atoms with Gasteiger partial charge in [0.25, 0.3) is 11.1 Å². The minimum Gasteiger partial charge on any atom is -0.493 e. The number of thioether (sulfide) groups is 1. The Balaban J connectivity index is 1.22. The monoisotopic (exact) mass is 430 g/mol. The number of rotatable bonds is 6. The van der Waals surface area contributed by atoms with E-state index < -0.39 is 0 Å². The van der Waals surface area contributed by atoms with Crippen LogP contribution in [0.5, 0.6) is 5.75 Å². The number of hydrogen-bond donors (Lipinski definition) is 1. The van der Waals surface area contributed by atoms with Crippen molar-refractivity contribution >= 4 is 28.8 Å². The molecule has 1 unspecified atom stereocenters. The predicted molar refractivity (Wildman–Crippen MR) is 121 cm³/mol. The fourth-order valence-corrected chi connectivity index (χ4v) is 4.62. The first kappa shape index (κ1) is 19.7. The van der Waals surface area contributed by atoms with E-state index in [0.29, 0.717) is 29.7 Å². The maximum atomic E-state index is 12.9. The average molecular weight is 431 g/mol. The van der Waals surface area contributed by atoms with Crippen molar-refractivity contribution in [3.63, 3.8) is 0 Å². The Morgan fingerprint density at radius 2 is 1.84 bits per heavy atom. The summed E-state index contributed by atoms with van der Waals surface area (Å²) in [6, 6.07) is 23.5. The summed E-state index contributed by atoms with van der Waals surface area (Å²) in [7, 11) is 0. The molecular formula is C25H22N2O3S. The molecule has 5 rings (SSSR count). The quantitative estimate of drug-likeness (QED) is 0.431. The van der Waals surface area contributed by atoms with Gasteiger partial charge < -0.3 is 14.5 Å². The van der Waals surface area contributed by atoms with E-state index in [2.05, 4.69) is 16.4 Å². The Hall–Kier alpha value is -3.25. The van der Waals surface area contributed by atoms with Gasteiger partial charge in [0.05, 0.1) is 6.61 Å². The van der Waals surface area contributed by atoms with Crippen molar-refractivity contribution in [1.82, 2.24) is 10.3 Å². The molecule has 0 bridgehead atoms. The number of aromatic nitrogens is 1. The van der Waals surface area contributed by atoms with Gasteiger partial charge in [0, 0.05) is 23.8 Å². The highest BCUT2D eigenvalue weighted by molar-refractivity contribution is 7.98. The molecule has 1 atom stereocenters. The van der Waals surface area contributed by atoms with Gasteiger partial charge in [-0.15, -0.1) is 0 Å². The molecule has 1 aliphatic rings. The average Bonchev–Trinajstić information content (AvgIpc) is 3.24. The molecular weight excluding hydrogens is 408 g/mol. The van der Waals surface area contributed by atoms with Crippen LogP contribution in [0.25, 0.3) is 11.1 Å². The van der Waals surface area contributed by atoms with Crippen molar-refractivity contribution in [1.29, 1.82) is 0 Å². The maximum Gasteiger partial charge on any atom is 0.257 e. The van der Waals surface area contributed by atoms with Gasteiger partial charge in [-0.1, -0.05) is 60.3 Å². The number of oxazole rings is 1. The highest BCUT2D eigenvalue weighted by Gasteiger charge is 2.21. The second-order valence-electron chi connectivity index (χ2n) is 7.59. The molecule has 2 heterocycles. The maximum absolute atomic E-state index is 12.9. The van der Waals surface area contributed by atoms with Crippen LogP contribution in [-0.2, 0) is 12.2 Å². The number of carbonyl (C=O) groups excluding carboxylic acids is 1. The number of nitrogens with one attached hydrogen (secondary N) is 1. The van der Waals surface area contributed by atoms with Gasteiger partial charge in [0.1, 0.15) is 11.3 Å². The van der Waals surface area contributed by atoms with E-state index in [4.69, 9.17) is 9.15 Å². The van der Waals surface area contributed by atoms with E-state index in [1.165, 1.54) is 17.3 Å². The number of nitrogens with zero attached hydrogens (tertiary/aromatic N) is 1. The van der Waals surface area contributed by atoms with Crippen molar-refractivity contribution < 1.29 is 13.9 Å². The van der Waals surface area contributed by atoms with Crippen LogP contribution in [0.3, 0.4) is 0 Å². The van der Waals surface area contributed by atoms with Crippen LogP contribution >= 0.6 is 11.8 Å². The fourth-order valence-electron chi connectivity index (χ4n) is 3.77. The van der Waals surface area contributed by atoms with Crippen molar-refractivity contribution in [2.75, 3.05) is 13.2 Å². The Morgan fingerprint density at radius 1 is 1.03 bits per heavy atom. The zero-order valence-electron chi connectivity index (χ0n) is 16.9. The van der Waals surface area contributed by atoms with Crippen molar-refractivity contribution in [3.8, 4) is 5.75 Å². The summed E-state index contributed by atoms with van der Waals surface area (Å²) in [5.41, 5.74) is 4.45. The van der Waals surface area contributed by atoms with E-state index >= 15 is 0 Å². The number of para-hydroxylation sites is 3. The highest BCUT2D eigenvalue weighted by Crippen LogP contribution is 2.28. The standard InChI is InChI=1S/C25H22N2O3S/c28-24(26-14-17-13-18-7-2-5-11-22(18)29-15-17)20-9-3-1-8-19(20)16-31-25-27-21-10-4-6-12-23(21)30-25/h1-12,17H,13-16H2,(H,26,28).